The van der Waals surface area contributed by atoms with E-state index in [4.69, 9.17) is 13.9 Å². The molecule has 2 aromatic carbocycles. The first-order valence-electron chi connectivity index (χ1n) is 12.7. The van der Waals surface area contributed by atoms with Gasteiger partial charge in [0.1, 0.15) is 17.3 Å². The molecule has 0 amide bonds. The molecule has 1 atom stereocenters. The van der Waals surface area contributed by atoms with Crippen LogP contribution in [0.3, 0.4) is 0 Å². The average Bonchev–Trinajstić information content (AvgIpc) is 3.53. The number of nitrogens with zero attached hydrogens (tertiary/aromatic N) is 2. The number of carboxylic acid groups (broad SMARTS) is 1. The fourth-order valence-electron chi connectivity index (χ4n) is 4.61. The first-order chi connectivity index (χ1) is 19.3. The molecule has 0 spiro atoms. The third-order valence-electron chi connectivity index (χ3n) is 6.35. The van der Waals surface area contributed by atoms with Crippen molar-refractivity contribution in [2.45, 2.75) is 26.8 Å². The highest BCUT2D eigenvalue weighted by atomic mass is 32.1. The molecule has 4 aromatic rings. The number of carbonyl (C=O) groups is 2. The maximum atomic E-state index is 13.8. The first-order valence-corrected chi connectivity index (χ1v) is 13.5. The molecule has 204 valence electrons. The Balaban J connectivity index is 1.62. The number of allylic oxidation sites excluding steroid dienone is 1. The molecular formula is C30H26N2O7S. The van der Waals surface area contributed by atoms with Crippen molar-refractivity contribution in [1.29, 1.82) is 0 Å². The highest BCUT2D eigenvalue weighted by molar-refractivity contribution is 7.07. The summed E-state index contributed by atoms with van der Waals surface area (Å²) in [6, 6.07) is 16.4. The summed E-state index contributed by atoms with van der Waals surface area (Å²) in [6.07, 6.45) is 1.59. The highest BCUT2D eigenvalue weighted by Gasteiger charge is 2.33. The fourth-order valence-corrected chi connectivity index (χ4v) is 5.64. The van der Waals surface area contributed by atoms with E-state index in [1.807, 2.05) is 19.1 Å². The lowest BCUT2D eigenvalue weighted by atomic mass is 9.96. The van der Waals surface area contributed by atoms with Crippen molar-refractivity contribution < 1.29 is 28.6 Å². The molecule has 0 bridgehead atoms. The second kappa shape index (κ2) is 11.2. The Bertz CT molecular complexity index is 1810. The Morgan fingerprint density at radius 3 is 2.52 bits per heavy atom. The first kappa shape index (κ1) is 26.9. The third-order valence-corrected chi connectivity index (χ3v) is 7.33. The second-order valence-corrected chi connectivity index (χ2v) is 9.87. The Kier molecular flexibility index (Phi) is 7.52. The van der Waals surface area contributed by atoms with Crippen LogP contribution in [0.4, 0.5) is 0 Å². The van der Waals surface area contributed by atoms with Crippen molar-refractivity contribution >= 4 is 29.4 Å². The molecule has 0 fully saturated rings. The van der Waals surface area contributed by atoms with Gasteiger partial charge in [-0.05, 0) is 56.7 Å². The molecule has 1 unspecified atom stereocenters. The van der Waals surface area contributed by atoms with Crippen LogP contribution in [0.5, 0.6) is 5.75 Å². The number of carbonyl (C=O) groups excluding carboxylic acids is 1. The van der Waals surface area contributed by atoms with Crippen molar-refractivity contribution in [1.82, 2.24) is 4.57 Å². The molecule has 9 nitrogen and oxygen atoms in total. The number of fused-ring (bicyclic) bond motifs is 1. The molecular weight excluding hydrogens is 532 g/mol. The molecule has 5 rings (SSSR count). The summed E-state index contributed by atoms with van der Waals surface area (Å²) in [5, 5.41) is 9.53. The summed E-state index contributed by atoms with van der Waals surface area (Å²) < 4.78 is 18.7. The number of aromatic carboxylic acids is 1. The predicted molar refractivity (Wildman–Crippen MR) is 149 cm³/mol. The minimum absolute atomic E-state index is 0.111. The van der Waals surface area contributed by atoms with Crippen LogP contribution in [0, 0.1) is 0 Å². The Morgan fingerprint density at radius 1 is 1.07 bits per heavy atom. The van der Waals surface area contributed by atoms with E-state index in [0.717, 1.165) is 0 Å². The number of rotatable bonds is 8. The lowest BCUT2D eigenvalue weighted by Crippen LogP contribution is -2.39. The molecule has 1 N–H and O–H groups in total. The van der Waals surface area contributed by atoms with Crippen molar-refractivity contribution in [3.63, 3.8) is 0 Å². The van der Waals surface area contributed by atoms with E-state index in [-0.39, 0.29) is 23.3 Å². The van der Waals surface area contributed by atoms with Crippen LogP contribution in [-0.2, 0) is 9.53 Å². The van der Waals surface area contributed by atoms with E-state index in [2.05, 4.69) is 4.99 Å². The van der Waals surface area contributed by atoms with Gasteiger partial charge in [0.25, 0.3) is 5.56 Å². The Labute approximate surface area is 232 Å². The van der Waals surface area contributed by atoms with Crippen molar-refractivity contribution in [3.8, 4) is 17.1 Å². The van der Waals surface area contributed by atoms with E-state index < -0.39 is 18.0 Å². The van der Waals surface area contributed by atoms with Gasteiger partial charge in [-0.1, -0.05) is 41.7 Å². The summed E-state index contributed by atoms with van der Waals surface area (Å²) in [7, 11) is 0. The molecule has 10 heteroatoms. The van der Waals surface area contributed by atoms with Crippen molar-refractivity contribution in [2.75, 3.05) is 13.2 Å². The number of thiazole rings is 1. The number of esters is 1. The normalized spacial score (nSPS) is 15.0. The molecule has 0 aliphatic carbocycles. The van der Waals surface area contributed by atoms with Gasteiger partial charge in [-0.15, -0.1) is 0 Å². The summed E-state index contributed by atoms with van der Waals surface area (Å²) in [5.41, 5.74) is 1.66. The van der Waals surface area contributed by atoms with Crippen LogP contribution >= 0.6 is 11.3 Å². The largest absolute Gasteiger partial charge is 0.494 e. The topological polar surface area (TPSA) is 120 Å². The van der Waals surface area contributed by atoms with Crippen LogP contribution in [-0.4, -0.2) is 34.8 Å². The second-order valence-electron chi connectivity index (χ2n) is 8.86. The zero-order valence-corrected chi connectivity index (χ0v) is 22.9. The summed E-state index contributed by atoms with van der Waals surface area (Å²) in [6.45, 7) is 6.04. The molecule has 0 saturated carbocycles. The van der Waals surface area contributed by atoms with Crippen molar-refractivity contribution in [2.24, 2.45) is 4.99 Å². The van der Waals surface area contributed by atoms with Gasteiger partial charge in [-0.2, -0.15) is 0 Å². The minimum Gasteiger partial charge on any atom is -0.494 e. The maximum absolute atomic E-state index is 13.8. The molecule has 40 heavy (non-hydrogen) atoms. The van der Waals surface area contributed by atoms with Gasteiger partial charge in [0, 0.05) is 11.6 Å². The van der Waals surface area contributed by atoms with Crippen LogP contribution in [0.25, 0.3) is 17.4 Å². The predicted octanol–water partition coefficient (Wildman–Crippen LogP) is 4.16. The van der Waals surface area contributed by atoms with E-state index in [0.29, 0.717) is 50.0 Å². The standard InChI is InChI=1S/C30H26N2O7S/c1-4-37-19-12-10-18(11-13-19)26-25(29(36)38-5-2)17(3)31-30-32(26)27(33)24(40-30)16-20-14-15-23(39-20)21-8-6-7-9-22(21)28(34)35/h6-16,26H,4-5H2,1-3H3,(H,34,35)/b24-16+. The number of hydrogen-bond donors (Lipinski definition) is 1. The van der Waals surface area contributed by atoms with Crippen LogP contribution in [0.2, 0.25) is 0 Å². The van der Waals surface area contributed by atoms with Gasteiger partial charge in [0.15, 0.2) is 4.80 Å². The van der Waals surface area contributed by atoms with Gasteiger partial charge >= 0.3 is 11.9 Å². The van der Waals surface area contributed by atoms with Gasteiger partial charge in [0.2, 0.25) is 0 Å². The van der Waals surface area contributed by atoms with Gasteiger partial charge in [-0.3, -0.25) is 9.36 Å². The maximum Gasteiger partial charge on any atom is 0.338 e. The third kappa shape index (κ3) is 5.01. The van der Waals surface area contributed by atoms with E-state index in [9.17, 15) is 19.5 Å². The van der Waals surface area contributed by atoms with Crippen LogP contribution in [0.15, 0.2) is 86.1 Å². The molecule has 0 radical (unpaired) electrons. The number of furan rings is 1. The molecule has 1 aliphatic rings. The molecule has 1 aliphatic heterocycles. The molecule has 3 heterocycles. The highest BCUT2D eigenvalue weighted by Crippen LogP contribution is 2.32. The monoisotopic (exact) mass is 558 g/mol. The molecule has 0 saturated heterocycles. The van der Waals surface area contributed by atoms with Gasteiger partial charge in [0.05, 0.1) is 40.6 Å². The zero-order chi connectivity index (χ0) is 28.4. The van der Waals surface area contributed by atoms with E-state index in [1.165, 1.54) is 22.0 Å². The Hall–Kier alpha value is -4.70. The molecule has 2 aromatic heterocycles. The smallest absolute Gasteiger partial charge is 0.338 e. The van der Waals surface area contributed by atoms with E-state index in [1.54, 1.807) is 62.4 Å². The number of hydrogen-bond acceptors (Lipinski definition) is 8. The van der Waals surface area contributed by atoms with Gasteiger partial charge in [-0.25, -0.2) is 14.6 Å². The van der Waals surface area contributed by atoms with Crippen molar-refractivity contribution in [3.05, 3.63) is 109 Å². The lowest BCUT2D eigenvalue weighted by molar-refractivity contribution is -0.139. The van der Waals surface area contributed by atoms with E-state index >= 15 is 0 Å². The minimum atomic E-state index is -1.07. The quantitative estimate of drug-likeness (QED) is 0.323. The zero-order valence-electron chi connectivity index (χ0n) is 22.0. The van der Waals surface area contributed by atoms with Crippen LogP contribution in [0.1, 0.15) is 48.5 Å². The number of ether oxygens (including phenoxy) is 2. The average molecular weight is 559 g/mol. The number of aromatic nitrogens is 1. The Morgan fingerprint density at radius 2 is 1.82 bits per heavy atom. The summed E-state index contributed by atoms with van der Waals surface area (Å²) >= 11 is 1.17. The van der Waals surface area contributed by atoms with Crippen LogP contribution < -0.4 is 19.6 Å². The van der Waals surface area contributed by atoms with Gasteiger partial charge < -0.3 is 19.0 Å². The number of benzene rings is 2. The lowest BCUT2D eigenvalue weighted by Gasteiger charge is -2.24. The summed E-state index contributed by atoms with van der Waals surface area (Å²) in [4.78, 5) is 43.5. The fraction of sp³-hybridized carbons (Fsp3) is 0.200. The SMILES string of the molecule is CCOC(=O)C1=C(C)N=c2s/c(=C/c3ccc(-c4ccccc4C(=O)O)o3)c(=O)n2C1c1ccc(OCC)cc1. The number of carboxylic acids is 1. The summed E-state index contributed by atoms with van der Waals surface area (Å²) in [5.74, 6) is -0.187.